The molecule has 2 heteroatoms. The van der Waals surface area contributed by atoms with Crippen molar-refractivity contribution in [2.24, 2.45) is 0 Å². The summed E-state index contributed by atoms with van der Waals surface area (Å²) in [5.74, 6) is 6.82. The Hall–Kier alpha value is -2.14. The normalized spacial score (nSPS) is 10.3. The molecule has 0 bridgehead atoms. The molecular weight excluding hydrogens is 304 g/mol. The minimum atomic E-state index is 0.600. The smallest absolute Gasteiger partial charge is 0.205 e. The Labute approximate surface area is 153 Å². The molecule has 0 aliphatic rings. The Bertz CT molecular complexity index is 660. The minimum Gasteiger partial charge on any atom is -0.229 e. The second-order valence-electron chi connectivity index (χ2n) is 6.63. The first-order chi connectivity index (χ1) is 12.3. The van der Waals surface area contributed by atoms with E-state index in [1.54, 1.807) is 0 Å². The van der Waals surface area contributed by atoms with Crippen LogP contribution in [0.15, 0.2) is 36.7 Å². The zero-order valence-electron chi connectivity index (χ0n) is 15.7. The average molecular weight is 335 g/mol. The highest BCUT2D eigenvalue weighted by Crippen LogP contribution is 2.09. The van der Waals surface area contributed by atoms with Crippen LogP contribution < -0.4 is 0 Å². The van der Waals surface area contributed by atoms with Crippen molar-refractivity contribution in [2.75, 3.05) is 0 Å². The van der Waals surface area contributed by atoms with Gasteiger partial charge in [0.1, 0.15) is 0 Å². The van der Waals surface area contributed by atoms with Crippen molar-refractivity contribution in [1.29, 1.82) is 0 Å². The number of unbranched alkanes of at least 4 members (excludes halogenated alkanes) is 5. The molecule has 0 aliphatic heterocycles. The molecule has 1 aromatic carbocycles. The van der Waals surface area contributed by atoms with Crippen LogP contribution in [0.5, 0.6) is 0 Å². The largest absolute Gasteiger partial charge is 0.229 e. The van der Waals surface area contributed by atoms with Gasteiger partial charge in [-0.2, -0.15) is 0 Å². The summed E-state index contributed by atoms with van der Waals surface area (Å²) in [6, 6.07) is 8.57. The zero-order chi connectivity index (χ0) is 17.7. The van der Waals surface area contributed by atoms with E-state index in [0.29, 0.717) is 5.82 Å². The van der Waals surface area contributed by atoms with Gasteiger partial charge in [-0.3, -0.25) is 0 Å². The van der Waals surface area contributed by atoms with Crippen LogP contribution >= 0.6 is 0 Å². The molecule has 2 nitrogen and oxygen atoms in total. The highest BCUT2D eigenvalue weighted by Gasteiger charge is 1.97. The van der Waals surface area contributed by atoms with Gasteiger partial charge in [-0.25, -0.2) is 9.97 Å². The van der Waals surface area contributed by atoms with Crippen LogP contribution in [0.2, 0.25) is 0 Å². The van der Waals surface area contributed by atoms with Crippen molar-refractivity contribution in [3.8, 4) is 11.8 Å². The van der Waals surface area contributed by atoms with Gasteiger partial charge in [0.15, 0.2) is 0 Å². The van der Waals surface area contributed by atoms with Gasteiger partial charge in [0.05, 0.1) is 0 Å². The Morgan fingerprint density at radius 3 is 1.96 bits per heavy atom. The maximum absolute atomic E-state index is 4.36. The van der Waals surface area contributed by atoms with Crippen molar-refractivity contribution in [2.45, 2.75) is 71.6 Å². The van der Waals surface area contributed by atoms with Crippen LogP contribution in [0.1, 0.15) is 81.3 Å². The molecule has 2 aromatic rings. The van der Waals surface area contributed by atoms with Crippen molar-refractivity contribution in [3.63, 3.8) is 0 Å². The predicted octanol–water partition coefficient (Wildman–Crippen LogP) is 5.73. The SMILES string of the molecule is CCCCCCc1ccc(C#Cc2ncc(CCCCC)cn2)cc1. The van der Waals surface area contributed by atoms with Gasteiger partial charge in [0.2, 0.25) is 5.82 Å². The second kappa shape index (κ2) is 11.4. The van der Waals surface area contributed by atoms with Crippen LogP contribution in [0.4, 0.5) is 0 Å². The Balaban J connectivity index is 1.85. The summed E-state index contributed by atoms with van der Waals surface area (Å²) in [7, 11) is 0. The third-order valence-electron chi connectivity index (χ3n) is 4.37. The molecule has 0 unspecified atom stereocenters. The van der Waals surface area contributed by atoms with Gasteiger partial charge >= 0.3 is 0 Å². The number of nitrogens with zero attached hydrogens (tertiary/aromatic N) is 2. The molecule has 0 saturated heterocycles. The van der Waals surface area contributed by atoms with Gasteiger partial charge < -0.3 is 0 Å². The van der Waals surface area contributed by atoms with Crippen LogP contribution in [-0.2, 0) is 12.8 Å². The molecule has 0 saturated carbocycles. The fourth-order valence-corrected chi connectivity index (χ4v) is 2.77. The lowest BCUT2D eigenvalue weighted by atomic mass is 10.0. The number of aryl methyl sites for hydroxylation is 2. The van der Waals surface area contributed by atoms with Gasteiger partial charge in [0, 0.05) is 18.0 Å². The molecule has 0 atom stereocenters. The third kappa shape index (κ3) is 7.52. The molecule has 0 spiro atoms. The molecule has 1 aromatic heterocycles. The first kappa shape index (κ1) is 19.2. The highest BCUT2D eigenvalue weighted by atomic mass is 14.8. The van der Waals surface area contributed by atoms with E-state index in [9.17, 15) is 0 Å². The topological polar surface area (TPSA) is 25.8 Å². The van der Waals surface area contributed by atoms with E-state index < -0.39 is 0 Å². The third-order valence-corrected chi connectivity index (χ3v) is 4.37. The lowest BCUT2D eigenvalue weighted by Gasteiger charge is -2.01. The Morgan fingerprint density at radius 2 is 1.28 bits per heavy atom. The van der Waals surface area contributed by atoms with Gasteiger partial charge in [0.25, 0.3) is 0 Å². The summed E-state index contributed by atoms with van der Waals surface area (Å²) in [5, 5.41) is 0. The standard InChI is InChI=1S/C23H30N2/c1-3-5-7-9-10-20-12-14-21(15-13-20)16-17-23-24-18-22(19-25-23)11-8-6-4-2/h12-15,18-19H,3-11H2,1-2H3. The van der Waals surface area contributed by atoms with Crippen LogP contribution in [-0.4, -0.2) is 9.97 Å². The number of benzene rings is 1. The van der Waals surface area contributed by atoms with Gasteiger partial charge in [-0.1, -0.05) is 64.0 Å². The lowest BCUT2D eigenvalue weighted by Crippen LogP contribution is -1.93. The minimum absolute atomic E-state index is 0.600. The maximum atomic E-state index is 4.36. The summed E-state index contributed by atoms with van der Waals surface area (Å²) in [6.45, 7) is 4.46. The Morgan fingerprint density at radius 1 is 0.680 bits per heavy atom. The van der Waals surface area contributed by atoms with E-state index in [2.05, 4.69) is 59.9 Å². The number of hydrogen-bond acceptors (Lipinski definition) is 2. The first-order valence-corrected chi connectivity index (χ1v) is 9.73. The molecule has 0 amide bonds. The van der Waals surface area contributed by atoms with Crippen LogP contribution in [0.3, 0.4) is 0 Å². The number of aromatic nitrogens is 2. The molecular formula is C23H30N2. The molecule has 25 heavy (non-hydrogen) atoms. The van der Waals surface area contributed by atoms with E-state index in [4.69, 9.17) is 0 Å². The van der Waals surface area contributed by atoms with Crippen LogP contribution in [0.25, 0.3) is 0 Å². The highest BCUT2D eigenvalue weighted by molar-refractivity contribution is 5.39. The first-order valence-electron chi connectivity index (χ1n) is 9.73. The Kier molecular flexibility index (Phi) is 8.77. The van der Waals surface area contributed by atoms with E-state index >= 15 is 0 Å². The van der Waals surface area contributed by atoms with Crippen molar-refractivity contribution in [1.82, 2.24) is 9.97 Å². The fraction of sp³-hybridized carbons (Fsp3) is 0.478. The summed E-state index contributed by atoms with van der Waals surface area (Å²) in [6.07, 6.45) is 15.0. The van der Waals surface area contributed by atoms with E-state index in [-0.39, 0.29) is 0 Å². The molecule has 0 aliphatic carbocycles. The molecule has 1 heterocycles. The molecule has 132 valence electrons. The van der Waals surface area contributed by atoms with E-state index in [0.717, 1.165) is 18.4 Å². The number of rotatable bonds is 9. The molecule has 0 N–H and O–H groups in total. The molecule has 0 fully saturated rings. The summed E-state index contributed by atoms with van der Waals surface area (Å²) in [5.41, 5.74) is 3.62. The average Bonchev–Trinajstić information content (AvgIpc) is 2.66. The van der Waals surface area contributed by atoms with E-state index in [1.807, 2.05) is 12.4 Å². The summed E-state index contributed by atoms with van der Waals surface area (Å²) < 4.78 is 0. The monoisotopic (exact) mass is 334 g/mol. The van der Waals surface area contributed by atoms with E-state index in [1.165, 1.54) is 56.1 Å². The van der Waals surface area contributed by atoms with Crippen LogP contribution in [0, 0.1) is 11.8 Å². The van der Waals surface area contributed by atoms with Crippen molar-refractivity contribution >= 4 is 0 Å². The van der Waals surface area contributed by atoms with Gasteiger partial charge in [-0.05, 0) is 54.9 Å². The number of hydrogen-bond donors (Lipinski definition) is 0. The molecule has 2 rings (SSSR count). The van der Waals surface area contributed by atoms with Crippen molar-refractivity contribution < 1.29 is 0 Å². The summed E-state index contributed by atoms with van der Waals surface area (Å²) in [4.78, 5) is 8.73. The van der Waals surface area contributed by atoms with Gasteiger partial charge in [-0.15, -0.1) is 0 Å². The second-order valence-corrected chi connectivity index (χ2v) is 6.63. The van der Waals surface area contributed by atoms with Crippen molar-refractivity contribution in [3.05, 3.63) is 59.2 Å². The predicted molar refractivity (Wildman–Crippen MR) is 106 cm³/mol. The lowest BCUT2D eigenvalue weighted by molar-refractivity contribution is 0.667. The maximum Gasteiger partial charge on any atom is 0.205 e. The zero-order valence-corrected chi connectivity index (χ0v) is 15.7. The summed E-state index contributed by atoms with van der Waals surface area (Å²) >= 11 is 0. The fourth-order valence-electron chi connectivity index (χ4n) is 2.77. The quantitative estimate of drug-likeness (QED) is 0.432. The molecule has 0 radical (unpaired) electrons.